The Morgan fingerprint density at radius 1 is 1.09 bits per heavy atom. The summed E-state index contributed by atoms with van der Waals surface area (Å²) in [7, 11) is 1.63. The van der Waals surface area contributed by atoms with E-state index in [0.29, 0.717) is 5.56 Å². The van der Waals surface area contributed by atoms with Crippen LogP contribution >= 0.6 is 0 Å². The highest BCUT2D eigenvalue weighted by Gasteiger charge is 2.50. The zero-order valence-electron chi connectivity index (χ0n) is 19.0. The molecule has 8 nitrogen and oxygen atoms in total. The number of nitrogens with one attached hydrogen (secondary N) is 2. The number of rotatable bonds is 6. The van der Waals surface area contributed by atoms with Gasteiger partial charge in [0.05, 0.1) is 13.7 Å². The van der Waals surface area contributed by atoms with Crippen molar-refractivity contribution in [1.29, 1.82) is 0 Å². The van der Waals surface area contributed by atoms with Gasteiger partial charge in [0.2, 0.25) is 0 Å². The van der Waals surface area contributed by atoms with Gasteiger partial charge in [-0.15, -0.1) is 0 Å². The van der Waals surface area contributed by atoms with Crippen LogP contribution < -0.4 is 15.5 Å². The third-order valence-corrected chi connectivity index (χ3v) is 6.49. The molecular formula is C25H30N4O4. The summed E-state index contributed by atoms with van der Waals surface area (Å²) in [5.74, 6) is -0.109. The van der Waals surface area contributed by atoms with E-state index in [-0.39, 0.29) is 12.6 Å². The first kappa shape index (κ1) is 22.8. The molecule has 2 aromatic rings. The van der Waals surface area contributed by atoms with Crippen molar-refractivity contribution in [2.75, 3.05) is 20.2 Å². The fraction of sp³-hybridized carbons (Fsp3) is 0.400. The Morgan fingerprint density at radius 3 is 2.52 bits per heavy atom. The number of urea groups is 1. The monoisotopic (exact) mass is 450 g/mol. The van der Waals surface area contributed by atoms with E-state index in [2.05, 4.69) is 15.6 Å². The van der Waals surface area contributed by atoms with Crippen molar-refractivity contribution in [3.05, 3.63) is 65.7 Å². The summed E-state index contributed by atoms with van der Waals surface area (Å²) in [6.07, 6.45) is 4.12. The van der Waals surface area contributed by atoms with Crippen LogP contribution in [0.5, 0.6) is 5.75 Å². The summed E-state index contributed by atoms with van der Waals surface area (Å²) in [4.78, 5) is 40.7. The molecule has 0 unspecified atom stereocenters. The van der Waals surface area contributed by atoms with E-state index in [1.54, 1.807) is 38.3 Å². The quantitative estimate of drug-likeness (QED) is 0.660. The largest absolute Gasteiger partial charge is 0.497 e. The van der Waals surface area contributed by atoms with Crippen molar-refractivity contribution in [3.63, 3.8) is 0 Å². The number of amides is 4. The summed E-state index contributed by atoms with van der Waals surface area (Å²) in [5.41, 5.74) is 3.09. The van der Waals surface area contributed by atoms with Crippen LogP contribution in [0.1, 0.15) is 49.8 Å². The van der Waals surface area contributed by atoms with Gasteiger partial charge in [0, 0.05) is 6.04 Å². The maximum atomic E-state index is 13.1. The Bertz CT molecular complexity index is 1010. The van der Waals surface area contributed by atoms with Gasteiger partial charge in [0.15, 0.2) is 0 Å². The van der Waals surface area contributed by atoms with E-state index in [1.165, 1.54) is 0 Å². The van der Waals surface area contributed by atoms with Crippen LogP contribution in [0.2, 0.25) is 0 Å². The molecule has 2 aliphatic rings. The molecule has 0 spiro atoms. The first-order chi connectivity index (χ1) is 15.9. The summed E-state index contributed by atoms with van der Waals surface area (Å²) in [5, 5.41) is 3.51. The van der Waals surface area contributed by atoms with Crippen molar-refractivity contribution in [1.82, 2.24) is 20.7 Å². The number of ether oxygens (including phenoxy) is 1. The topological polar surface area (TPSA) is 91.0 Å². The summed E-state index contributed by atoms with van der Waals surface area (Å²) in [6, 6.07) is 16.4. The van der Waals surface area contributed by atoms with Crippen molar-refractivity contribution in [2.24, 2.45) is 0 Å². The molecule has 4 rings (SSSR count). The molecule has 0 aliphatic carbocycles. The highest BCUT2D eigenvalue weighted by molar-refractivity contribution is 6.08. The van der Waals surface area contributed by atoms with E-state index in [4.69, 9.17) is 4.74 Å². The molecule has 0 radical (unpaired) electrons. The lowest BCUT2D eigenvalue weighted by molar-refractivity contribution is -0.139. The average molecular weight is 451 g/mol. The molecule has 0 aromatic heterocycles. The Kier molecular flexibility index (Phi) is 6.65. The van der Waals surface area contributed by atoms with Gasteiger partial charge < -0.3 is 10.1 Å². The fourth-order valence-electron chi connectivity index (χ4n) is 4.61. The number of hydrazine groups is 1. The molecule has 0 saturated carbocycles. The Hall–Kier alpha value is -3.39. The molecule has 2 fully saturated rings. The predicted molar refractivity (Wildman–Crippen MR) is 123 cm³/mol. The minimum Gasteiger partial charge on any atom is -0.497 e. The zero-order valence-corrected chi connectivity index (χ0v) is 19.0. The smallest absolute Gasteiger partial charge is 0.344 e. The molecule has 2 atom stereocenters. The number of hydrogen-bond acceptors (Lipinski definition) is 5. The van der Waals surface area contributed by atoms with Crippen LogP contribution in [0.3, 0.4) is 0 Å². The highest BCUT2D eigenvalue weighted by Crippen LogP contribution is 2.31. The van der Waals surface area contributed by atoms with Crippen LogP contribution in [0, 0.1) is 0 Å². The van der Waals surface area contributed by atoms with Crippen molar-refractivity contribution in [3.8, 4) is 5.75 Å². The van der Waals surface area contributed by atoms with Crippen molar-refractivity contribution in [2.45, 2.75) is 44.2 Å². The number of benzene rings is 2. The van der Waals surface area contributed by atoms with Gasteiger partial charge in [0.1, 0.15) is 11.3 Å². The number of carbonyl (C=O) groups excluding carboxylic acids is 3. The molecule has 174 valence electrons. The molecule has 2 heterocycles. The lowest BCUT2D eigenvalue weighted by atomic mass is 9.92. The van der Waals surface area contributed by atoms with Crippen molar-refractivity contribution < 1.29 is 19.1 Å². The number of likely N-dealkylation sites (tertiary alicyclic amines) is 1. The molecule has 2 aromatic carbocycles. The number of imide groups is 1. The molecule has 2 saturated heterocycles. The lowest BCUT2D eigenvalue weighted by Gasteiger charge is -2.30. The van der Waals surface area contributed by atoms with Gasteiger partial charge in [-0.25, -0.2) is 4.79 Å². The van der Waals surface area contributed by atoms with Gasteiger partial charge in [-0.1, -0.05) is 55.3 Å². The van der Waals surface area contributed by atoms with Crippen LogP contribution in [-0.2, 0) is 15.1 Å². The second-order valence-corrected chi connectivity index (χ2v) is 8.71. The summed E-state index contributed by atoms with van der Waals surface area (Å²) < 4.78 is 5.26. The maximum absolute atomic E-state index is 13.1. The Morgan fingerprint density at radius 2 is 1.82 bits per heavy atom. The normalized spacial score (nSPS) is 23.7. The first-order valence-corrected chi connectivity index (χ1v) is 11.3. The Labute approximate surface area is 193 Å². The van der Waals surface area contributed by atoms with Gasteiger partial charge in [0.25, 0.3) is 11.8 Å². The van der Waals surface area contributed by atoms with E-state index in [0.717, 1.165) is 48.5 Å². The van der Waals surface area contributed by atoms with Crippen LogP contribution in [0.25, 0.3) is 0 Å². The SMILES string of the molecule is COc1ccc([C@@H]2CCCCCN2CC(=O)NN2C(=O)N[C@](C)(c3ccccc3)C2=O)cc1. The van der Waals surface area contributed by atoms with E-state index in [9.17, 15) is 14.4 Å². The predicted octanol–water partition coefficient (Wildman–Crippen LogP) is 3.11. The van der Waals surface area contributed by atoms with Gasteiger partial charge >= 0.3 is 6.03 Å². The minimum absolute atomic E-state index is 0.0850. The van der Waals surface area contributed by atoms with E-state index < -0.39 is 23.4 Å². The number of hydrogen-bond donors (Lipinski definition) is 2. The number of carbonyl (C=O) groups is 3. The lowest BCUT2D eigenvalue weighted by Crippen LogP contribution is -2.51. The van der Waals surface area contributed by atoms with Crippen LogP contribution in [0.15, 0.2) is 54.6 Å². The molecule has 33 heavy (non-hydrogen) atoms. The second-order valence-electron chi connectivity index (χ2n) is 8.71. The van der Waals surface area contributed by atoms with Gasteiger partial charge in [-0.05, 0) is 49.6 Å². The van der Waals surface area contributed by atoms with Crippen molar-refractivity contribution >= 4 is 17.8 Å². The average Bonchev–Trinajstić information content (AvgIpc) is 2.98. The number of methoxy groups -OCH3 is 1. The maximum Gasteiger partial charge on any atom is 0.344 e. The van der Waals surface area contributed by atoms with Crippen LogP contribution in [-0.4, -0.2) is 48.0 Å². The fourth-order valence-corrected chi connectivity index (χ4v) is 4.61. The van der Waals surface area contributed by atoms with Gasteiger partial charge in [-0.3, -0.25) is 19.9 Å². The molecule has 4 amide bonds. The minimum atomic E-state index is -1.22. The van der Waals surface area contributed by atoms with E-state index in [1.807, 2.05) is 30.3 Å². The summed E-state index contributed by atoms with van der Waals surface area (Å²) in [6.45, 7) is 2.50. The standard InChI is InChI=1S/C25H30N4O4/c1-25(19-9-5-3-6-10-19)23(31)29(24(32)26-25)27-22(30)17-28-16-8-4-7-11-21(28)18-12-14-20(33-2)15-13-18/h3,5-6,9-10,12-15,21H,4,7-8,11,16-17H2,1-2H3,(H,26,32)(H,27,30)/t21-,25+/m0/s1. The Balaban J connectivity index is 1.46. The highest BCUT2D eigenvalue weighted by atomic mass is 16.5. The first-order valence-electron chi connectivity index (χ1n) is 11.3. The van der Waals surface area contributed by atoms with E-state index >= 15 is 0 Å². The molecule has 8 heteroatoms. The third kappa shape index (κ3) is 4.71. The second kappa shape index (κ2) is 9.62. The zero-order chi connectivity index (χ0) is 23.4. The number of nitrogens with zero attached hydrogens (tertiary/aromatic N) is 2. The third-order valence-electron chi connectivity index (χ3n) is 6.49. The van der Waals surface area contributed by atoms with Gasteiger partial charge in [-0.2, -0.15) is 5.01 Å². The van der Waals surface area contributed by atoms with Crippen LogP contribution in [0.4, 0.5) is 4.79 Å². The molecule has 2 N–H and O–H groups in total. The molecule has 0 bridgehead atoms. The molecular weight excluding hydrogens is 420 g/mol. The molecule has 2 aliphatic heterocycles. The summed E-state index contributed by atoms with van der Waals surface area (Å²) >= 11 is 0.